The number of piperazine rings is 1. The Morgan fingerprint density at radius 2 is 1.59 bits per heavy atom. The standard InChI is InChI=1S/C56H65N11O5S/c1-32-50(73-31-61-32)37-11-9-33(10-12-37)25-60-54(71)47-23-42(68)29-67(47)55(72)51(56(2,3)4)63-53(70)38-19-17-35(18-20-38)34-13-15-36(16-14-34)40-26-58-49(59-27-40)22-39-21-41-28-66(30-45(39)62-41)46-24-44(64-65-52(46)57)43-7-5-6-8-48(43)69/h5-16,24,26-27,31,35,38-39,41-42,45,47,51,62,68-69H,17-23,25,28-30H2,1-4H3,(H2,57,65)(H,60,71)(H,63,70)/t35-,38+,39?,41?,42-,45?,47+,51-/m1/s1. The zero-order valence-electron chi connectivity index (χ0n) is 41.9. The van der Waals surface area contributed by atoms with Crippen LogP contribution in [0.4, 0.5) is 11.5 Å². The summed E-state index contributed by atoms with van der Waals surface area (Å²) in [5, 5.41) is 39.5. The molecule has 2 bridgehead atoms. The molecule has 73 heavy (non-hydrogen) atoms. The summed E-state index contributed by atoms with van der Waals surface area (Å²) in [6.45, 7) is 9.58. The average molecular weight is 1000 g/mol. The van der Waals surface area contributed by atoms with Crippen molar-refractivity contribution in [1.29, 1.82) is 0 Å². The Kier molecular flexibility index (Phi) is 14.3. The van der Waals surface area contributed by atoms with Crippen molar-refractivity contribution in [2.24, 2.45) is 17.3 Å². The van der Waals surface area contributed by atoms with E-state index < -0.39 is 23.6 Å². The molecule has 3 aromatic carbocycles. The normalized spacial score (nSPS) is 23.3. The molecule has 17 heteroatoms. The van der Waals surface area contributed by atoms with E-state index in [1.165, 1.54) is 10.5 Å². The van der Waals surface area contributed by atoms with E-state index in [0.29, 0.717) is 47.8 Å². The number of aryl methyl sites for hydroxylation is 1. The molecule has 6 heterocycles. The molecule has 3 aromatic heterocycles. The topological polar surface area (TPSA) is 225 Å². The van der Waals surface area contributed by atoms with Crippen LogP contribution in [-0.2, 0) is 27.3 Å². The van der Waals surface area contributed by atoms with E-state index in [4.69, 9.17) is 15.7 Å². The van der Waals surface area contributed by atoms with Crippen molar-refractivity contribution >= 4 is 40.6 Å². The Morgan fingerprint density at radius 1 is 0.863 bits per heavy atom. The van der Waals surface area contributed by atoms with Crippen molar-refractivity contribution in [2.75, 3.05) is 30.3 Å². The van der Waals surface area contributed by atoms with Crippen molar-refractivity contribution in [3.63, 3.8) is 0 Å². The van der Waals surface area contributed by atoms with E-state index in [9.17, 15) is 24.6 Å². The highest BCUT2D eigenvalue weighted by molar-refractivity contribution is 7.13. The number of likely N-dealkylation sites (tertiary alicyclic amines) is 1. The molecule has 4 fully saturated rings. The zero-order chi connectivity index (χ0) is 51.0. The number of thiazole rings is 1. The van der Waals surface area contributed by atoms with Crippen molar-refractivity contribution in [1.82, 2.24) is 46.0 Å². The highest BCUT2D eigenvalue weighted by Crippen LogP contribution is 2.39. The molecule has 7 N–H and O–H groups in total. The Hall–Kier alpha value is -6.82. The first-order valence-corrected chi connectivity index (χ1v) is 26.4. The number of aliphatic hydroxyl groups is 1. The third-order valence-corrected chi connectivity index (χ3v) is 16.4. The number of aliphatic hydroxyl groups excluding tert-OH is 1. The number of hydrogen-bond donors (Lipinski definition) is 6. The number of nitrogens with two attached hydrogens (primary N) is 1. The van der Waals surface area contributed by atoms with Crippen LogP contribution >= 0.6 is 11.3 Å². The average Bonchev–Trinajstić information content (AvgIpc) is 4.09. The second kappa shape index (κ2) is 21.0. The summed E-state index contributed by atoms with van der Waals surface area (Å²) in [6.07, 6.45) is 7.96. The molecule has 380 valence electrons. The highest BCUT2D eigenvalue weighted by atomic mass is 32.1. The number of nitrogens with one attached hydrogen (secondary N) is 3. The molecule has 6 aromatic rings. The number of carbonyl (C=O) groups excluding carboxylic acids is 3. The van der Waals surface area contributed by atoms with Gasteiger partial charge in [-0.05, 0) is 96.7 Å². The minimum absolute atomic E-state index is 0.0265. The van der Waals surface area contributed by atoms with Gasteiger partial charge in [0, 0.05) is 80.5 Å². The van der Waals surface area contributed by atoms with Crippen LogP contribution in [0.5, 0.6) is 5.75 Å². The molecule has 1 aliphatic carbocycles. The number of aromatic nitrogens is 5. The van der Waals surface area contributed by atoms with Crippen LogP contribution in [0.1, 0.15) is 87.9 Å². The monoisotopic (exact) mass is 1000 g/mol. The van der Waals surface area contributed by atoms with Gasteiger partial charge in [0.1, 0.15) is 23.7 Å². The van der Waals surface area contributed by atoms with Crippen LogP contribution in [0, 0.1) is 24.2 Å². The molecule has 1 saturated carbocycles. The van der Waals surface area contributed by atoms with E-state index in [-0.39, 0.29) is 54.9 Å². The van der Waals surface area contributed by atoms with Crippen LogP contribution in [0.2, 0.25) is 0 Å². The number of carbonyl (C=O) groups is 3. The first-order chi connectivity index (χ1) is 35.1. The lowest BCUT2D eigenvalue weighted by Crippen LogP contribution is -2.58. The number of aromatic hydroxyl groups is 1. The smallest absolute Gasteiger partial charge is 0.246 e. The SMILES string of the molecule is Cc1ncsc1-c1ccc(CNC(=O)[C@@H]2C[C@@H](O)CN2C(=O)[C@@H](NC(=O)[C@H]2CC[C@@H](c3ccc(-c4cnc(CC5CC6CN(c7cc(-c8ccccc8O)nnc7N)CC5N6)nc4)cc3)CC2)C(C)(C)C)cc1. The van der Waals surface area contributed by atoms with Crippen molar-refractivity contribution in [2.45, 2.75) is 115 Å². The summed E-state index contributed by atoms with van der Waals surface area (Å²) in [5.74, 6) is 0.928. The number of nitrogens with zero attached hydrogens (tertiary/aromatic N) is 7. The summed E-state index contributed by atoms with van der Waals surface area (Å²) in [7, 11) is 0. The number of β-amino-alcohol motifs (C(OH)–C–C–N with tert-alkyl or cyclic N) is 1. The highest BCUT2D eigenvalue weighted by Gasteiger charge is 2.45. The zero-order valence-corrected chi connectivity index (χ0v) is 42.7. The number of phenolic OH excluding ortho intramolecular Hbond substituents is 1. The quantitative estimate of drug-likeness (QED) is 0.0700. The van der Waals surface area contributed by atoms with E-state index in [2.05, 4.69) is 60.3 Å². The van der Waals surface area contributed by atoms with Crippen molar-refractivity contribution in [3.05, 3.63) is 119 Å². The maximum atomic E-state index is 14.3. The van der Waals surface area contributed by atoms with Gasteiger partial charge in [-0.15, -0.1) is 21.5 Å². The molecule has 16 nitrogen and oxygen atoms in total. The van der Waals surface area contributed by atoms with E-state index >= 15 is 0 Å². The molecule has 3 unspecified atom stereocenters. The summed E-state index contributed by atoms with van der Waals surface area (Å²) >= 11 is 1.59. The molecule has 3 aliphatic heterocycles. The molecular formula is C56H65N11O5S. The minimum atomic E-state index is -0.874. The Morgan fingerprint density at radius 3 is 2.29 bits per heavy atom. The van der Waals surface area contributed by atoms with Crippen LogP contribution in [0.25, 0.3) is 32.8 Å². The number of nitrogen functional groups attached to an aromatic ring is 1. The number of hydrogen-bond acceptors (Lipinski definition) is 14. The predicted octanol–water partition coefficient (Wildman–Crippen LogP) is 6.81. The van der Waals surface area contributed by atoms with Crippen molar-refractivity contribution < 1.29 is 24.6 Å². The van der Waals surface area contributed by atoms with Gasteiger partial charge in [0.05, 0.1) is 33.6 Å². The third-order valence-electron chi connectivity index (χ3n) is 15.4. The number of anilines is 2. The second-order valence-corrected chi connectivity index (χ2v) is 22.4. The van der Waals surface area contributed by atoms with Gasteiger partial charge in [0.25, 0.3) is 0 Å². The van der Waals surface area contributed by atoms with E-state index in [0.717, 1.165) is 83.1 Å². The van der Waals surface area contributed by atoms with Gasteiger partial charge in [-0.3, -0.25) is 14.4 Å². The fraction of sp³-hybridized carbons (Fsp3) is 0.429. The van der Waals surface area contributed by atoms with Gasteiger partial charge < -0.3 is 41.7 Å². The van der Waals surface area contributed by atoms with Gasteiger partial charge in [-0.2, -0.15) is 0 Å². The maximum Gasteiger partial charge on any atom is 0.246 e. The van der Waals surface area contributed by atoms with Gasteiger partial charge in [-0.25, -0.2) is 15.0 Å². The molecule has 3 amide bonds. The van der Waals surface area contributed by atoms with E-state index in [1.54, 1.807) is 23.5 Å². The van der Waals surface area contributed by atoms with Gasteiger partial charge >= 0.3 is 0 Å². The first-order valence-electron chi connectivity index (χ1n) is 25.5. The Balaban J connectivity index is 0.700. The maximum absolute atomic E-state index is 14.3. The molecule has 4 aliphatic rings. The lowest BCUT2D eigenvalue weighted by atomic mass is 9.77. The number of phenols is 1. The summed E-state index contributed by atoms with van der Waals surface area (Å²) in [4.78, 5) is 60.7. The fourth-order valence-corrected chi connectivity index (χ4v) is 12.2. The van der Waals surface area contributed by atoms with Crippen LogP contribution in [0.3, 0.4) is 0 Å². The molecular weight excluding hydrogens is 939 g/mol. The van der Waals surface area contributed by atoms with Gasteiger partial charge in [0.15, 0.2) is 5.82 Å². The van der Waals surface area contributed by atoms with Gasteiger partial charge in [-0.1, -0.05) is 81.4 Å². The molecule has 6 atom stereocenters. The summed E-state index contributed by atoms with van der Waals surface area (Å²) in [6, 6.07) is 24.4. The minimum Gasteiger partial charge on any atom is -0.507 e. The lowest BCUT2D eigenvalue weighted by molar-refractivity contribution is -0.144. The number of para-hydroxylation sites is 1. The fourth-order valence-electron chi connectivity index (χ4n) is 11.4. The number of fused-ring (bicyclic) bond motifs is 2. The summed E-state index contributed by atoms with van der Waals surface area (Å²) < 4.78 is 0. The first kappa shape index (κ1) is 49.7. The third kappa shape index (κ3) is 10.9. The largest absolute Gasteiger partial charge is 0.507 e. The number of rotatable bonds is 13. The second-order valence-electron chi connectivity index (χ2n) is 21.5. The number of amides is 3. The van der Waals surface area contributed by atoms with Gasteiger partial charge in [0.2, 0.25) is 17.7 Å². The number of benzene rings is 3. The predicted molar refractivity (Wildman–Crippen MR) is 282 cm³/mol. The van der Waals surface area contributed by atoms with Crippen LogP contribution < -0.4 is 26.6 Å². The molecule has 10 rings (SSSR count). The van der Waals surface area contributed by atoms with Crippen molar-refractivity contribution in [3.8, 4) is 38.6 Å². The molecule has 0 spiro atoms. The Labute approximate surface area is 430 Å². The lowest BCUT2D eigenvalue weighted by Gasteiger charge is -2.37. The van der Waals surface area contributed by atoms with E-state index in [1.807, 2.05) is 88.1 Å². The summed E-state index contributed by atoms with van der Waals surface area (Å²) in [5.41, 5.74) is 15.7. The molecule has 3 saturated heterocycles. The molecule has 0 radical (unpaired) electrons. The van der Waals surface area contributed by atoms with Crippen LogP contribution in [-0.4, -0.2) is 108 Å². The van der Waals surface area contributed by atoms with Crippen LogP contribution in [0.15, 0.2) is 96.8 Å². The Bertz CT molecular complexity index is 2940.